The monoisotopic (exact) mass is 267 g/mol. The smallest absolute Gasteiger partial charge is 0.326 e. The van der Waals surface area contributed by atoms with Gasteiger partial charge in [0.1, 0.15) is 6.04 Å². The Labute approximate surface area is 113 Å². The van der Waals surface area contributed by atoms with Crippen LogP contribution in [0.3, 0.4) is 0 Å². The summed E-state index contributed by atoms with van der Waals surface area (Å²) >= 11 is 0. The molecule has 2 rings (SSSR count). The first-order valence-electron chi connectivity index (χ1n) is 7.04. The van der Waals surface area contributed by atoms with Gasteiger partial charge in [0.05, 0.1) is 0 Å². The van der Waals surface area contributed by atoms with Gasteiger partial charge in [-0.05, 0) is 25.7 Å². The second-order valence-corrected chi connectivity index (χ2v) is 5.95. The Kier molecular flexibility index (Phi) is 3.92. The molecule has 1 aliphatic carbocycles. The first-order chi connectivity index (χ1) is 8.96. The van der Waals surface area contributed by atoms with E-state index in [1.807, 2.05) is 6.92 Å². The Bertz CT molecular complexity index is 398. The van der Waals surface area contributed by atoms with Crippen LogP contribution >= 0.6 is 0 Å². The summed E-state index contributed by atoms with van der Waals surface area (Å²) in [6.45, 7) is 2.23. The maximum atomic E-state index is 12.4. The molecule has 5 nitrogen and oxygen atoms in total. The van der Waals surface area contributed by atoms with Crippen molar-refractivity contribution in [1.82, 2.24) is 4.90 Å². The molecule has 0 radical (unpaired) electrons. The van der Waals surface area contributed by atoms with Crippen LogP contribution < -0.4 is 0 Å². The standard InChI is InChI=1S/C14H21NO4/c1-14(7-3-2-4-8-14)11(16)12(17)15-9-5-6-10(15)13(18)19/h10H,2-9H2,1H3,(H,18,19). The highest BCUT2D eigenvalue weighted by atomic mass is 16.4. The van der Waals surface area contributed by atoms with Gasteiger partial charge in [-0.2, -0.15) is 0 Å². The van der Waals surface area contributed by atoms with Gasteiger partial charge >= 0.3 is 5.97 Å². The van der Waals surface area contributed by atoms with Gasteiger partial charge in [0.2, 0.25) is 5.78 Å². The van der Waals surface area contributed by atoms with Gasteiger partial charge in [0, 0.05) is 12.0 Å². The number of carbonyl (C=O) groups excluding carboxylic acids is 2. The maximum absolute atomic E-state index is 12.4. The number of hydrogen-bond acceptors (Lipinski definition) is 3. The molecule has 2 aliphatic rings. The van der Waals surface area contributed by atoms with Crippen LogP contribution in [0.4, 0.5) is 0 Å². The van der Waals surface area contributed by atoms with Gasteiger partial charge < -0.3 is 10.0 Å². The third-order valence-corrected chi connectivity index (χ3v) is 4.50. The first kappa shape index (κ1) is 14.0. The van der Waals surface area contributed by atoms with E-state index in [-0.39, 0.29) is 5.78 Å². The minimum absolute atomic E-state index is 0.387. The highest BCUT2D eigenvalue weighted by molar-refractivity contribution is 6.38. The lowest BCUT2D eigenvalue weighted by atomic mass is 9.72. The molecule has 1 unspecified atom stereocenters. The Balaban J connectivity index is 2.10. The van der Waals surface area contributed by atoms with Crippen molar-refractivity contribution in [2.75, 3.05) is 6.54 Å². The molecule has 0 spiro atoms. The molecule has 19 heavy (non-hydrogen) atoms. The Morgan fingerprint density at radius 1 is 1.11 bits per heavy atom. The van der Waals surface area contributed by atoms with E-state index in [1.165, 1.54) is 4.90 Å². The number of rotatable bonds is 3. The minimum atomic E-state index is -1.01. The summed E-state index contributed by atoms with van der Waals surface area (Å²) in [5.41, 5.74) is -0.582. The fraction of sp³-hybridized carbons (Fsp3) is 0.786. The number of ketones is 1. The second-order valence-electron chi connectivity index (χ2n) is 5.95. The molecule has 2 fully saturated rings. The van der Waals surface area contributed by atoms with E-state index in [0.29, 0.717) is 19.4 Å². The van der Waals surface area contributed by atoms with Crippen LogP contribution in [0.5, 0.6) is 0 Å². The van der Waals surface area contributed by atoms with Crippen molar-refractivity contribution in [3.8, 4) is 0 Å². The van der Waals surface area contributed by atoms with Gasteiger partial charge in [-0.15, -0.1) is 0 Å². The molecule has 0 aromatic carbocycles. The fourth-order valence-electron chi connectivity index (χ4n) is 3.21. The summed E-state index contributed by atoms with van der Waals surface area (Å²) < 4.78 is 0. The Hall–Kier alpha value is -1.39. The van der Waals surface area contributed by atoms with Crippen LogP contribution in [-0.4, -0.2) is 40.3 Å². The summed E-state index contributed by atoms with van der Waals surface area (Å²) in [6, 6.07) is -0.816. The van der Waals surface area contributed by atoms with Crippen molar-refractivity contribution >= 4 is 17.7 Å². The van der Waals surface area contributed by atoms with Crippen molar-refractivity contribution in [1.29, 1.82) is 0 Å². The molecule has 106 valence electrons. The van der Waals surface area contributed by atoms with E-state index in [0.717, 1.165) is 32.1 Å². The van der Waals surface area contributed by atoms with Crippen LogP contribution in [0.25, 0.3) is 0 Å². The fourth-order valence-corrected chi connectivity index (χ4v) is 3.21. The average molecular weight is 267 g/mol. The normalized spacial score (nSPS) is 26.2. The van der Waals surface area contributed by atoms with Crippen molar-refractivity contribution in [3.05, 3.63) is 0 Å². The number of carbonyl (C=O) groups is 3. The van der Waals surface area contributed by atoms with E-state index < -0.39 is 23.3 Å². The first-order valence-corrected chi connectivity index (χ1v) is 7.04. The molecule has 5 heteroatoms. The SMILES string of the molecule is CC1(C(=O)C(=O)N2CCCC2C(=O)O)CCCCC1. The van der Waals surface area contributed by atoms with E-state index in [4.69, 9.17) is 5.11 Å². The zero-order chi connectivity index (χ0) is 14.0. The van der Waals surface area contributed by atoms with E-state index in [2.05, 4.69) is 0 Å². The largest absolute Gasteiger partial charge is 0.480 e. The molecule has 1 saturated carbocycles. The van der Waals surface area contributed by atoms with Crippen LogP contribution in [0.15, 0.2) is 0 Å². The molecule has 1 N–H and O–H groups in total. The molecule has 1 saturated heterocycles. The Morgan fingerprint density at radius 2 is 1.74 bits per heavy atom. The lowest BCUT2D eigenvalue weighted by Crippen LogP contribution is -2.48. The molecule has 1 aliphatic heterocycles. The molecule has 1 heterocycles. The average Bonchev–Trinajstić information content (AvgIpc) is 2.87. The number of aliphatic carboxylic acids is 1. The third kappa shape index (κ3) is 2.65. The quantitative estimate of drug-likeness (QED) is 0.788. The number of carboxylic acids is 1. The van der Waals surface area contributed by atoms with Crippen molar-refractivity contribution in [2.24, 2.45) is 5.41 Å². The van der Waals surface area contributed by atoms with Crippen molar-refractivity contribution in [2.45, 2.75) is 57.9 Å². The molecule has 1 atom stereocenters. The van der Waals surface area contributed by atoms with Gasteiger partial charge in [-0.25, -0.2) is 4.79 Å². The number of likely N-dealkylation sites (tertiary alicyclic amines) is 1. The number of nitrogens with zero attached hydrogens (tertiary/aromatic N) is 1. The molecule has 0 aromatic rings. The highest BCUT2D eigenvalue weighted by Crippen LogP contribution is 2.37. The van der Waals surface area contributed by atoms with Gasteiger partial charge in [-0.1, -0.05) is 26.2 Å². The molecule has 0 aromatic heterocycles. The van der Waals surface area contributed by atoms with Gasteiger partial charge in [0.25, 0.3) is 5.91 Å². The number of Topliss-reactive ketones (excluding diaryl/α,β-unsaturated/α-hetero) is 1. The summed E-state index contributed by atoms with van der Waals surface area (Å²) in [5.74, 6) is -1.98. The highest BCUT2D eigenvalue weighted by Gasteiger charge is 2.44. The lowest BCUT2D eigenvalue weighted by Gasteiger charge is -2.33. The zero-order valence-corrected chi connectivity index (χ0v) is 11.4. The van der Waals surface area contributed by atoms with Crippen molar-refractivity contribution < 1.29 is 19.5 Å². The predicted octanol–water partition coefficient (Wildman–Crippen LogP) is 1.60. The van der Waals surface area contributed by atoms with Crippen LogP contribution in [0, 0.1) is 5.41 Å². The number of carboxylic acid groups (broad SMARTS) is 1. The van der Waals surface area contributed by atoms with Gasteiger partial charge in [0.15, 0.2) is 0 Å². The van der Waals surface area contributed by atoms with Crippen LogP contribution in [0.1, 0.15) is 51.9 Å². The molecule has 1 amide bonds. The van der Waals surface area contributed by atoms with Crippen LogP contribution in [-0.2, 0) is 14.4 Å². The minimum Gasteiger partial charge on any atom is -0.480 e. The third-order valence-electron chi connectivity index (χ3n) is 4.50. The lowest BCUT2D eigenvalue weighted by molar-refractivity contribution is -0.155. The Morgan fingerprint density at radius 3 is 2.32 bits per heavy atom. The van der Waals surface area contributed by atoms with E-state index in [9.17, 15) is 14.4 Å². The number of hydrogen-bond donors (Lipinski definition) is 1. The zero-order valence-electron chi connectivity index (χ0n) is 11.4. The maximum Gasteiger partial charge on any atom is 0.326 e. The topological polar surface area (TPSA) is 74.7 Å². The summed E-state index contributed by atoms with van der Waals surface area (Å²) in [7, 11) is 0. The predicted molar refractivity (Wildman–Crippen MR) is 68.6 cm³/mol. The summed E-state index contributed by atoms with van der Waals surface area (Å²) in [4.78, 5) is 37.0. The van der Waals surface area contributed by atoms with E-state index >= 15 is 0 Å². The molecular weight excluding hydrogens is 246 g/mol. The molecule has 0 bridgehead atoms. The summed E-state index contributed by atoms with van der Waals surface area (Å²) in [6.07, 6.45) is 5.64. The van der Waals surface area contributed by atoms with E-state index in [1.54, 1.807) is 0 Å². The van der Waals surface area contributed by atoms with Gasteiger partial charge in [-0.3, -0.25) is 9.59 Å². The van der Waals surface area contributed by atoms with Crippen LogP contribution in [0.2, 0.25) is 0 Å². The summed E-state index contributed by atoms with van der Waals surface area (Å²) in [5, 5.41) is 9.08. The second kappa shape index (κ2) is 5.31. The number of amides is 1. The van der Waals surface area contributed by atoms with Crippen molar-refractivity contribution in [3.63, 3.8) is 0 Å². The molecular formula is C14H21NO4.